The molecule has 1 radical (unpaired) electrons. The van der Waals surface area contributed by atoms with Gasteiger partial charge in [-0.25, -0.2) is 0 Å². The van der Waals surface area contributed by atoms with Gasteiger partial charge in [0.1, 0.15) is 5.95 Å². The predicted octanol–water partition coefficient (Wildman–Crippen LogP) is 4.31. The number of imidazole rings is 1. The molecule has 0 saturated heterocycles. The molecule has 0 aliphatic carbocycles. The van der Waals surface area contributed by atoms with Crippen LogP contribution in [-0.4, -0.2) is 19.3 Å². The van der Waals surface area contributed by atoms with E-state index in [9.17, 15) is 0 Å². The summed E-state index contributed by atoms with van der Waals surface area (Å²) in [5.74, 6) is 0.748. The van der Waals surface area contributed by atoms with E-state index < -0.39 is 0 Å². The summed E-state index contributed by atoms with van der Waals surface area (Å²) in [6.45, 7) is 6.44. The van der Waals surface area contributed by atoms with E-state index in [0.29, 0.717) is 0 Å². The van der Waals surface area contributed by atoms with Crippen LogP contribution in [0.2, 0.25) is 0 Å². The number of benzene rings is 2. The van der Waals surface area contributed by atoms with Crippen LogP contribution < -0.4 is 0 Å². The molecule has 2 aromatic carbocycles. The predicted molar refractivity (Wildman–Crippen MR) is 95.7 cm³/mol. The van der Waals surface area contributed by atoms with Crippen molar-refractivity contribution >= 4 is 11.0 Å². The van der Waals surface area contributed by atoms with Crippen molar-refractivity contribution in [3.05, 3.63) is 72.6 Å². The van der Waals surface area contributed by atoms with Gasteiger partial charge in [0.05, 0.1) is 11.0 Å². The fourth-order valence-electron chi connectivity index (χ4n) is 2.74. The minimum absolute atomic E-state index is 0. The van der Waals surface area contributed by atoms with Gasteiger partial charge in [-0.2, -0.15) is 0 Å². The number of fused-ring (bicyclic) bond motifs is 1. The summed E-state index contributed by atoms with van der Waals surface area (Å²) in [6.07, 6.45) is 3.22. The Kier molecular flexibility index (Phi) is 4.63. The first-order valence-corrected chi connectivity index (χ1v) is 8.05. The topological polar surface area (TPSA) is 35.6 Å². The smallest absolute Gasteiger partial charge is 0.133 e. The Morgan fingerprint density at radius 3 is 2.28 bits per heavy atom. The Hall–Kier alpha value is -2.23. The van der Waals surface area contributed by atoms with E-state index >= 15 is 0 Å². The van der Waals surface area contributed by atoms with Gasteiger partial charge in [0.15, 0.2) is 0 Å². The quantitative estimate of drug-likeness (QED) is 0.379. The molecule has 0 saturated carbocycles. The molecule has 4 nitrogen and oxygen atoms in total. The Morgan fingerprint density at radius 1 is 0.920 bits per heavy atom. The zero-order valence-electron chi connectivity index (χ0n) is 14.4. The van der Waals surface area contributed by atoms with E-state index in [4.69, 9.17) is 10.1 Å². The number of nitrogens with zero attached hydrogens (tertiary/aromatic N) is 4. The molecule has 0 spiro atoms. The molecule has 4 rings (SSSR count). The van der Waals surface area contributed by atoms with Gasteiger partial charge in [0.2, 0.25) is 0 Å². The molecular formula is C20H19IrN4-. The Bertz CT molecular complexity index is 993. The maximum atomic E-state index is 4.79. The van der Waals surface area contributed by atoms with Crippen LogP contribution in [0.3, 0.4) is 0 Å². The molecule has 0 fully saturated rings. The van der Waals surface area contributed by atoms with E-state index in [1.165, 1.54) is 0 Å². The minimum Gasteiger partial charge on any atom is -0.331 e. The van der Waals surface area contributed by atoms with E-state index in [0.717, 1.165) is 28.4 Å². The van der Waals surface area contributed by atoms with Crippen molar-refractivity contribution in [2.75, 3.05) is 0 Å². The van der Waals surface area contributed by atoms with Gasteiger partial charge in [0, 0.05) is 25.8 Å². The third-order valence-corrected chi connectivity index (χ3v) is 4.05. The maximum absolute atomic E-state index is 4.79. The third kappa shape index (κ3) is 3.17. The molecule has 2 heterocycles. The van der Waals surface area contributed by atoms with Crippen LogP contribution in [0.1, 0.15) is 26.5 Å². The summed E-state index contributed by atoms with van der Waals surface area (Å²) in [5.41, 5.74) is 4.03. The molecule has 25 heavy (non-hydrogen) atoms. The van der Waals surface area contributed by atoms with Crippen LogP contribution >= 0.6 is 0 Å². The average Bonchev–Trinajstić information content (AvgIpc) is 3.20. The molecule has 0 amide bonds. The number of hydrogen-bond donors (Lipinski definition) is 0. The zero-order chi connectivity index (χ0) is 16.7. The summed E-state index contributed by atoms with van der Waals surface area (Å²) >= 11 is 0. The SMILES string of the molecule is CC(C)(C)c1c[c-]n(-c2nc3ccccc3n2-c2ccccc2)n1.[Ir]. The van der Waals surface area contributed by atoms with Crippen molar-refractivity contribution in [3.8, 4) is 11.6 Å². The number of para-hydroxylation sites is 3. The first-order valence-electron chi connectivity index (χ1n) is 8.05. The maximum Gasteiger partial charge on any atom is 0.133 e. The molecule has 2 aromatic heterocycles. The molecule has 5 heteroatoms. The molecule has 0 aliphatic heterocycles. The second kappa shape index (κ2) is 6.58. The van der Waals surface area contributed by atoms with E-state index in [-0.39, 0.29) is 25.5 Å². The second-order valence-corrected chi connectivity index (χ2v) is 6.89. The van der Waals surface area contributed by atoms with Crippen molar-refractivity contribution < 1.29 is 20.1 Å². The Balaban J connectivity index is 0.00000182. The molecular weight excluding hydrogens is 488 g/mol. The summed E-state index contributed by atoms with van der Waals surface area (Å²) < 4.78 is 3.86. The van der Waals surface area contributed by atoms with E-state index in [2.05, 4.69) is 49.7 Å². The minimum atomic E-state index is -0.0225. The molecule has 0 atom stereocenters. The van der Waals surface area contributed by atoms with Crippen LogP contribution in [-0.2, 0) is 25.5 Å². The van der Waals surface area contributed by atoms with E-state index in [1.54, 1.807) is 4.68 Å². The number of hydrogen-bond acceptors (Lipinski definition) is 2. The Labute approximate surface area is 160 Å². The van der Waals surface area contributed by atoms with E-state index in [1.807, 2.05) is 42.5 Å². The summed E-state index contributed by atoms with van der Waals surface area (Å²) in [4.78, 5) is 4.79. The molecule has 4 aromatic rings. The first-order chi connectivity index (χ1) is 11.5. The van der Waals surface area contributed by atoms with Crippen molar-refractivity contribution in [1.29, 1.82) is 0 Å². The first kappa shape index (κ1) is 17.6. The van der Waals surface area contributed by atoms with Gasteiger partial charge in [-0.3, -0.25) is 10.1 Å². The summed E-state index contributed by atoms with van der Waals surface area (Å²) in [7, 11) is 0. The fourth-order valence-corrected chi connectivity index (χ4v) is 2.74. The zero-order valence-corrected chi connectivity index (χ0v) is 16.8. The third-order valence-electron chi connectivity index (χ3n) is 4.05. The standard InChI is InChI=1S/C20H19N4.Ir/c1-20(2,3)18-13-14-23(22-18)19-21-16-11-7-8-12-17(16)24(19)15-9-5-4-6-10-15;/h4-13H,1-3H3;/q-1;. The van der Waals surface area contributed by atoms with Crippen molar-refractivity contribution in [3.63, 3.8) is 0 Å². The van der Waals surface area contributed by atoms with Crippen molar-refractivity contribution in [1.82, 2.24) is 19.3 Å². The van der Waals surface area contributed by atoms with Crippen molar-refractivity contribution in [2.24, 2.45) is 0 Å². The van der Waals surface area contributed by atoms with Crippen LogP contribution in [0.4, 0.5) is 0 Å². The molecule has 129 valence electrons. The normalized spacial score (nSPS) is 11.5. The fraction of sp³-hybridized carbons (Fsp3) is 0.200. The largest absolute Gasteiger partial charge is 0.331 e. The monoisotopic (exact) mass is 508 g/mol. The van der Waals surface area contributed by atoms with Gasteiger partial charge in [-0.1, -0.05) is 57.3 Å². The number of aromatic nitrogens is 4. The van der Waals surface area contributed by atoms with Gasteiger partial charge < -0.3 is 9.25 Å². The van der Waals surface area contributed by atoms with Crippen LogP contribution in [0.25, 0.3) is 22.7 Å². The molecule has 0 aliphatic rings. The van der Waals surface area contributed by atoms with Crippen LogP contribution in [0.15, 0.2) is 60.7 Å². The molecule has 0 unspecified atom stereocenters. The van der Waals surface area contributed by atoms with Crippen molar-refractivity contribution in [2.45, 2.75) is 26.2 Å². The van der Waals surface area contributed by atoms with Crippen LogP contribution in [0.5, 0.6) is 0 Å². The molecule has 0 bridgehead atoms. The second-order valence-electron chi connectivity index (χ2n) is 6.89. The molecule has 0 N–H and O–H groups in total. The van der Waals surface area contributed by atoms with Gasteiger partial charge >= 0.3 is 0 Å². The van der Waals surface area contributed by atoms with Crippen LogP contribution in [0, 0.1) is 6.20 Å². The Morgan fingerprint density at radius 2 is 1.60 bits per heavy atom. The summed E-state index contributed by atoms with van der Waals surface area (Å²) in [5, 5.41) is 4.71. The number of rotatable bonds is 2. The average molecular weight is 508 g/mol. The van der Waals surface area contributed by atoms with Gasteiger partial charge in [-0.05, 0) is 35.4 Å². The van der Waals surface area contributed by atoms with Gasteiger partial charge in [0.25, 0.3) is 0 Å². The summed E-state index contributed by atoms with van der Waals surface area (Å²) in [6, 6.07) is 20.3. The van der Waals surface area contributed by atoms with Gasteiger partial charge in [-0.15, -0.1) is 6.07 Å².